The highest BCUT2D eigenvalue weighted by molar-refractivity contribution is 5.88. The van der Waals surface area contributed by atoms with Crippen molar-refractivity contribution in [1.82, 2.24) is 10.2 Å². The molecule has 4 aromatic carbocycles. The predicted molar refractivity (Wildman–Crippen MR) is 156 cm³/mol. The molecule has 5 heteroatoms. The molecular formula is C34H36N2O3. The molecule has 0 bridgehead atoms. The zero-order chi connectivity index (χ0) is 27.2. The summed E-state index contributed by atoms with van der Waals surface area (Å²) in [6.07, 6.45) is 0.641. The van der Waals surface area contributed by atoms with Crippen molar-refractivity contribution >= 4 is 22.6 Å². The Morgan fingerprint density at radius 3 is 2.31 bits per heavy atom. The number of rotatable bonds is 9. The Balaban J connectivity index is 1.37. The van der Waals surface area contributed by atoms with Crippen LogP contribution in [0.2, 0.25) is 0 Å². The minimum Gasteiger partial charge on any atom is -0.481 e. The minimum absolute atomic E-state index is 0.0952. The number of carbonyl (C=O) groups is 2. The fourth-order valence-corrected chi connectivity index (χ4v) is 6.07. The highest BCUT2D eigenvalue weighted by Gasteiger charge is 2.36. The van der Waals surface area contributed by atoms with E-state index in [1.807, 2.05) is 41.3 Å². The second kappa shape index (κ2) is 12.3. The van der Waals surface area contributed by atoms with Crippen LogP contribution in [-0.4, -0.2) is 41.5 Å². The number of amides is 1. The maximum absolute atomic E-state index is 13.8. The van der Waals surface area contributed by atoms with E-state index in [0.717, 1.165) is 18.5 Å². The molecule has 0 spiro atoms. The molecule has 2 N–H and O–H groups in total. The molecule has 0 aromatic heterocycles. The molecule has 0 aliphatic carbocycles. The SMILES string of the molecule is C[C@@H](NCC1CN(C(=O)C(CC(=O)O)c2ccccc2)CCC1c1ccccc1)c1cccc2ccccc12. The van der Waals surface area contributed by atoms with Gasteiger partial charge in [0.2, 0.25) is 5.91 Å². The number of hydrogen-bond donors (Lipinski definition) is 2. The first-order chi connectivity index (χ1) is 19.0. The van der Waals surface area contributed by atoms with E-state index >= 15 is 0 Å². The lowest BCUT2D eigenvalue weighted by Gasteiger charge is -2.41. The average molecular weight is 521 g/mol. The van der Waals surface area contributed by atoms with Gasteiger partial charge in [-0.05, 0) is 52.6 Å². The number of carboxylic acid groups (broad SMARTS) is 1. The van der Waals surface area contributed by atoms with Crippen LogP contribution >= 0.6 is 0 Å². The van der Waals surface area contributed by atoms with E-state index in [9.17, 15) is 14.7 Å². The summed E-state index contributed by atoms with van der Waals surface area (Å²) in [6, 6.07) is 34.9. The molecule has 0 saturated carbocycles. The van der Waals surface area contributed by atoms with Crippen LogP contribution in [0.3, 0.4) is 0 Å². The van der Waals surface area contributed by atoms with Crippen LogP contribution in [0.5, 0.6) is 0 Å². The van der Waals surface area contributed by atoms with Gasteiger partial charge in [0, 0.05) is 25.7 Å². The van der Waals surface area contributed by atoms with Gasteiger partial charge in [-0.25, -0.2) is 0 Å². The highest BCUT2D eigenvalue weighted by Crippen LogP contribution is 2.35. The lowest BCUT2D eigenvalue weighted by Crippen LogP contribution is -2.48. The van der Waals surface area contributed by atoms with Gasteiger partial charge in [-0.15, -0.1) is 0 Å². The predicted octanol–water partition coefficient (Wildman–Crippen LogP) is 6.38. The number of hydrogen-bond acceptors (Lipinski definition) is 3. The number of piperidine rings is 1. The Bertz CT molecular complexity index is 1400. The molecule has 4 atom stereocenters. The van der Waals surface area contributed by atoms with E-state index in [-0.39, 0.29) is 24.3 Å². The van der Waals surface area contributed by atoms with E-state index < -0.39 is 11.9 Å². The largest absolute Gasteiger partial charge is 0.481 e. The zero-order valence-corrected chi connectivity index (χ0v) is 22.4. The van der Waals surface area contributed by atoms with Crippen LogP contribution in [0, 0.1) is 5.92 Å². The molecule has 39 heavy (non-hydrogen) atoms. The van der Waals surface area contributed by atoms with Gasteiger partial charge in [0.05, 0.1) is 12.3 Å². The van der Waals surface area contributed by atoms with Gasteiger partial charge < -0.3 is 15.3 Å². The van der Waals surface area contributed by atoms with Crippen molar-refractivity contribution in [3.63, 3.8) is 0 Å². The first-order valence-electron chi connectivity index (χ1n) is 13.8. The topological polar surface area (TPSA) is 69.6 Å². The van der Waals surface area contributed by atoms with Gasteiger partial charge in [-0.3, -0.25) is 9.59 Å². The minimum atomic E-state index is -0.960. The number of nitrogens with one attached hydrogen (secondary N) is 1. The maximum atomic E-state index is 13.8. The lowest BCUT2D eigenvalue weighted by molar-refractivity contribution is -0.143. The second-order valence-electron chi connectivity index (χ2n) is 10.6. The fourth-order valence-electron chi connectivity index (χ4n) is 6.07. The van der Waals surface area contributed by atoms with E-state index in [1.165, 1.54) is 21.9 Å². The van der Waals surface area contributed by atoms with Crippen molar-refractivity contribution in [3.05, 3.63) is 120 Å². The third-order valence-corrected chi connectivity index (χ3v) is 8.13. The van der Waals surface area contributed by atoms with E-state index in [0.29, 0.717) is 19.0 Å². The molecule has 5 nitrogen and oxygen atoms in total. The zero-order valence-electron chi connectivity index (χ0n) is 22.4. The van der Waals surface area contributed by atoms with Gasteiger partial charge in [0.1, 0.15) is 0 Å². The van der Waals surface area contributed by atoms with E-state index in [2.05, 4.69) is 79.0 Å². The summed E-state index contributed by atoms with van der Waals surface area (Å²) in [5.41, 5.74) is 3.31. The van der Waals surface area contributed by atoms with Gasteiger partial charge in [-0.2, -0.15) is 0 Å². The summed E-state index contributed by atoms with van der Waals surface area (Å²) in [7, 11) is 0. The van der Waals surface area contributed by atoms with Crippen LogP contribution in [0.15, 0.2) is 103 Å². The summed E-state index contributed by atoms with van der Waals surface area (Å²) in [5, 5.41) is 15.8. The number of benzene rings is 4. The molecule has 1 aliphatic heterocycles. The third kappa shape index (κ3) is 6.21. The molecule has 1 heterocycles. The number of nitrogens with zero attached hydrogens (tertiary/aromatic N) is 1. The Labute approximate surface area is 230 Å². The Kier molecular flexibility index (Phi) is 8.38. The summed E-state index contributed by atoms with van der Waals surface area (Å²) in [5.74, 6) is -1.22. The van der Waals surface area contributed by atoms with Crippen LogP contribution in [0.25, 0.3) is 10.8 Å². The monoisotopic (exact) mass is 520 g/mol. The molecule has 5 rings (SSSR count). The Hall–Kier alpha value is -3.96. The fraction of sp³-hybridized carbons (Fsp3) is 0.294. The number of carbonyl (C=O) groups excluding carboxylic acids is 1. The van der Waals surface area contributed by atoms with Crippen LogP contribution < -0.4 is 5.32 Å². The maximum Gasteiger partial charge on any atom is 0.304 e. The summed E-state index contributed by atoms with van der Waals surface area (Å²) < 4.78 is 0. The summed E-state index contributed by atoms with van der Waals surface area (Å²) in [4.78, 5) is 27.4. The molecule has 1 saturated heterocycles. The van der Waals surface area contributed by atoms with Crippen LogP contribution in [-0.2, 0) is 9.59 Å². The second-order valence-corrected chi connectivity index (χ2v) is 10.6. The van der Waals surface area contributed by atoms with Gasteiger partial charge in [0.25, 0.3) is 0 Å². The summed E-state index contributed by atoms with van der Waals surface area (Å²) in [6.45, 7) is 4.17. The highest BCUT2D eigenvalue weighted by atomic mass is 16.4. The first kappa shape index (κ1) is 26.6. The Morgan fingerprint density at radius 1 is 0.897 bits per heavy atom. The first-order valence-corrected chi connectivity index (χ1v) is 13.8. The van der Waals surface area contributed by atoms with Crippen molar-refractivity contribution in [2.75, 3.05) is 19.6 Å². The van der Waals surface area contributed by atoms with E-state index in [1.54, 1.807) is 0 Å². The van der Waals surface area contributed by atoms with Crippen molar-refractivity contribution in [2.24, 2.45) is 5.92 Å². The molecular weight excluding hydrogens is 484 g/mol. The molecule has 1 fully saturated rings. The van der Waals surface area contributed by atoms with Crippen molar-refractivity contribution in [3.8, 4) is 0 Å². The number of likely N-dealkylation sites (tertiary alicyclic amines) is 1. The lowest BCUT2D eigenvalue weighted by atomic mass is 9.79. The molecule has 4 aromatic rings. The average Bonchev–Trinajstić information content (AvgIpc) is 2.98. The van der Waals surface area contributed by atoms with Crippen molar-refractivity contribution < 1.29 is 14.7 Å². The molecule has 0 radical (unpaired) electrons. The van der Waals surface area contributed by atoms with Gasteiger partial charge in [0.15, 0.2) is 0 Å². The van der Waals surface area contributed by atoms with E-state index in [4.69, 9.17) is 0 Å². The summed E-state index contributed by atoms with van der Waals surface area (Å²) >= 11 is 0. The number of aliphatic carboxylic acids is 1. The van der Waals surface area contributed by atoms with Crippen LogP contribution in [0.4, 0.5) is 0 Å². The number of carboxylic acids is 1. The van der Waals surface area contributed by atoms with Crippen molar-refractivity contribution in [2.45, 2.75) is 37.6 Å². The quantitative estimate of drug-likeness (QED) is 0.269. The molecule has 3 unspecified atom stereocenters. The third-order valence-electron chi connectivity index (χ3n) is 8.13. The van der Waals surface area contributed by atoms with Gasteiger partial charge >= 0.3 is 5.97 Å². The smallest absolute Gasteiger partial charge is 0.304 e. The standard InChI is InChI=1S/C34H36N2O3/c1-24(29-18-10-16-26-15-8-9-17-31(26)29)35-22-28-23-36(20-19-30(28)25-11-4-2-5-12-25)34(39)32(21-33(37)38)27-13-6-3-7-14-27/h2-18,24,28,30,32,35H,19-23H2,1H3,(H,37,38)/t24-,28?,30?,32?/m1/s1. The normalized spacial score (nSPS) is 18.9. The Morgan fingerprint density at radius 2 is 1.56 bits per heavy atom. The van der Waals surface area contributed by atoms with Crippen LogP contribution in [0.1, 0.15) is 54.3 Å². The van der Waals surface area contributed by atoms with Crippen molar-refractivity contribution in [1.29, 1.82) is 0 Å². The molecule has 1 amide bonds. The molecule has 200 valence electrons. The van der Waals surface area contributed by atoms with Gasteiger partial charge in [-0.1, -0.05) is 103 Å². The number of fused-ring (bicyclic) bond motifs is 1. The molecule has 1 aliphatic rings.